The van der Waals surface area contributed by atoms with Crippen LogP contribution >= 0.6 is 23.1 Å². The normalized spacial score (nSPS) is 11.7. The smallest absolute Gasteiger partial charge is 0.265 e. The van der Waals surface area contributed by atoms with E-state index < -0.39 is 11.2 Å². The van der Waals surface area contributed by atoms with Gasteiger partial charge in [-0.3, -0.25) is 9.59 Å². The topological polar surface area (TPSA) is 101 Å². The van der Waals surface area contributed by atoms with Crippen molar-refractivity contribution in [3.05, 3.63) is 89.6 Å². The first kappa shape index (κ1) is 19.9. The summed E-state index contributed by atoms with van der Waals surface area (Å²) in [4.78, 5) is 32.7. The lowest BCUT2D eigenvalue weighted by molar-refractivity contribution is -0.115. The van der Waals surface area contributed by atoms with Crippen LogP contribution in [0.5, 0.6) is 0 Å². The Hall–Kier alpha value is -3.36. The molecule has 4 rings (SSSR count). The number of anilines is 1. The lowest BCUT2D eigenvalue weighted by Crippen LogP contribution is -2.18. The number of thioether (sulfide) groups is 1. The first-order chi connectivity index (χ1) is 14.6. The van der Waals surface area contributed by atoms with Crippen molar-refractivity contribution in [3.8, 4) is 11.3 Å². The third-order valence-electron chi connectivity index (χ3n) is 4.32. The molecule has 1 atom stereocenters. The average molecular weight is 435 g/mol. The molecular weight excluding hydrogens is 416 g/mol. The third kappa shape index (κ3) is 4.61. The average Bonchev–Trinajstić information content (AvgIpc) is 3.43. The van der Waals surface area contributed by atoms with E-state index in [0.29, 0.717) is 16.5 Å². The molecule has 150 valence electrons. The molecule has 2 amide bonds. The summed E-state index contributed by atoms with van der Waals surface area (Å²) in [6.07, 6.45) is 1.67. The van der Waals surface area contributed by atoms with E-state index in [0.717, 1.165) is 16.0 Å². The van der Waals surface area contributed by atoms with E-state index in [1.165, 1.54) is 23.1 Å². The van der Waals surface area contributed by atoms with E-state index in [9.17, 15) is 9.59 Å². The Balaban J connectivity index is 1.54. The maximum absolute atomic E-state index is 13.1. The van der Waals surface area contributed by atoms with Crippen molar-refractivity contribution in [1.29, 1.82) is 0 Å². The number of nitrogens with two attached hydrogens (primary N) is 1. The van der Waals surface area contributed by atoms with Gasteiger partial charge in [-0.25, -0.2) is 4.98 Å². The number of carbonyl (C=O) groups excluding carboxylic acids is 2. The summed E-state index contributed by atoms with van der Waals surface area (Å²) in [5, 5.41) is 4.82. The summed E-state index contributed by atoms with van der Waals surface area (Å²) in [5.41, 5.74) is 7.90. The Morgan fingerprint density at radius 2 is 1.77 bits per heavy atom. The van der Waals surface area contributed by atoms with Gasteiger partial charge in [0.25, 0.3) is 5.91 Å². The third-order valence-corrected chi connectivity index (χ3v) is 6.34. The zero-order valence-corrected chi connectivity index (χ0v) is 17.4. The summed E-state index contributed by atoms with van der Waals surface area (Å²) >= 11 is 2.81. The Morgan fingerprint density at radius 3 is 2.43 bits per heavy atom. The van der Waals surface area contributed by atoms with E-state index in [-0.39, 0.29) is 5.91 Å². The van der Waals surface area contributed by atoms with Crippen LogP contribution in [0.25, 0.3) is 11.3 Å². The number of hydrogen-bond acceptors (Lipinski definition) is 5. The van der Waals surface area contributed by atoms with Crippen molar-refractivity contribution in [2.24, 2.45) is 5.73 Å². The molecule has 0 saturated carbocycles. The van der Waals surface area contributed by atoms with Gasteiger partial charge in [-0.2, -0.15) is 0 Å². The second-order valence-corrected chi connectivity index (χ2v) is 8.45. The van der Waals surface area contributed by atoms with E-state index in [1.54, 1.807) is 12.3 Å². The van der Waals surface area contributed by atoms with E-state index in [1.807, 2.05) is 66.0 Å². The van der Waals surface area contributed by atoms with Gasteiger partial charge in [-0.1, -0.05) is 48.5 Å². The molecule has 2 aromatic heterocycles. The molecule has 0 spiro atoms. The summed E-state index contributed by atoms with van der Waals surface area (Å²) in [5.74, 6) is -0.684. The van der Waals surface area contributed by atoms with E-state index >= 15 is 0 Å². The number of aromatic nitrogens is 2. The molecule has 2 heterocycles. The van der Waals surface area contributed by atoms with E-state index in [2.05, 4.69) is 15.3 Å². The molecule has 0 aliphatic heterocycles. The quantitative estimate of drug-likeness (QED) is 0.367. The van der Waals surface area contributed by atoms with Crippen molar-refractivity contribution in [3.63, 3.8) is 0 Å². The molecule has 30 heavy (non-hydrogen) atoms. The predicted octanol–water partition coefficient (Wildman–Crippen LogP) is 4.71. The minimum Gasteiger partial charge on any atom is -0.364 e. The highest BCUT2D eigenvalue weighted by Crippen LogP contribution is 2.36. The SMILES string of the molecule is NC(=O)c1cc(-c2csc(NC(=O)C(Sc3ccccc3)c3ccccc3)n2)c[nH]1. The molecule has 1 unspecified atom stereocenters. The number of aromatic amines is 1. The molecule has 0 aliphatic rings. The molecule has 4 aromatic rings. The number of nitrogens with zero attached hydrogens (tertiary/aromatic N) is 1. The van der Waals surface area contributed by atoms with Crippen molar-refractivity contribution < 1.29 is 9.59 Å². The van der Waals surface area contributed by atoms with Crippen LogP contribution in [0.4, 0.5) is 5.13 Å². The Kier molecular flexibility index (Phi) is 5.97. The van der Waals surface area contributed by atoms with Crippen molar-refractivity contribution in [2.45, 2.75) is 10.1 Å². The number of nitrogens with one attached hydrogen (secondary N) is 2. The number of H-pyrrole nitrogens is 1. The van der Waals surface area contributed by atoms with Crippen LogP contribution in [0, 0.1) is 0 Å². The van der Waals surface area contributed by atoms with Crippen molar-refractivity contribution in [1.82, 2.24) is 9.97 Å². The largest absolute Gasteiger partial charge is 0.364 e. The van der Waals surface area contributed by atoms with Crippen LogP contribution in [0.1, 0.15) is 21.3 Å². The minimum absolute atomic E-state index is 0.150. The van der Waals surface area contributed by atoms with Crippen molar-refractivity contribution in [2.75, 3.05) is 5.32 Å². The first-order valence-electron chi connectivity index (χ1n) is 9.12. The maximum atomic E-state index is 13.1. The van der Waals surface area contributed by atoms with Crippen LogP contribution in [-0.4, -0.2) is 21.8 Å². The van der Waals surface area contributed by atoms with Crippen LogP contribution in [-0.2, 0) is 4.79 Å². The fourth-order valence-electron chi connectivity index (χ4n) is 2.86. The second kappa shape index (κ2) is 8.98. The van der Waals surface area contributed by atoms with Gasteiger partial charge in [0.2, 0.25) is 5.91 Å². The molecule has 4 N–H and O–H groups in total. The number of primary amides is 1. The molecule has 0 fully saturated rings. The molecular formula is C22H18N4O2S2. The molecule has 0 aliphatic carbocycles. The molecule has 8 heteroatoms. The van der Waals surface area contributed by atoms with E-state index in [4.69, 9.17) is 5.73 Å². The van der Waals surface area contributed by atoms with Gasteiger partial charge in [0, 0.05) is 22.0 Å². The summed E-state index contributed by atoms with van der Waals surface area (Å²) in [6, 6.07) is 21.1. The Labute approximate surface area is 181 Å². The van der Waals surface area contributed by atoms with Gasteiger partial charge in [-0.15, -0.1) is 23.1 Å². The fraction of sp³-hybridized carbons (Fsp3) is 0.0455. The number of thiazole rings is 1. The number of hydrogen-bond donors (Lipinski definition) is 3. The minimum atomic E-state index is -0.534. The first-order valence-corrected chi connectivity index (χ1v) is 10.9. The zero-order valence-electron chi connectivity index (χ0n) is 15.7. The molecule has 6 nitrogen and oxygen atoms in total. The van der Waals surface area contributed by atoms with Crippen LogP contribution in [0.3, 0.4) is 0 Å². The highest BCUT2D eigenvalue weighted by molar-refractivity contribution is 8.00. The van der Waals surface area contributed by atoms with Gasteiger partial charge in [0.15, 0.2) is 5.13 Å². The zero-order chi connectivity index (χ0) is 20.9. The van der Waals surface area contributed by atoms with Crippen LogP contribution in [0.15, 0.2) is 83.2 Å². The van der Waals surface area contributed by atoms with Gasteiger partial charge in [0.1, 0.15) is 10.9 Å². The number of rotatable bonds is 7. The molecule has 2 aromatic carbocycles. The highest BCUT2D eigenvalue weighted by Gasteiger charge is 2.23. The number of amides is 2. The van der Waals surface area contributed by atoms with Crippen molar-refractivity contribution >= 4 is 40.0 Å². The highest BCUT2D eigenvalue weighted by atomic mass is 32.2. The van der Waals surface area contributed by atoms with Gasteiger partial charge < -0.3 is 16.0 Å². The fourth-order valence-corrected chi connectivity index (χ4v) is 4.62. The van der Waals surface area contributed by atoms with Crippen LogP contribution < -0.4 is 11.1 Å². The van der Waals surface area contributed by atoms with Gasteiger partial charge >= 0.3 is 0 Å². The second-order valence-electron chi connectivity index (χ2n) is 6.42. The standard InChI is InChI=1S/C22H18N4O2S2/c23-20(27)17-11-15(12-24-17)18-13-29-22(25-18)26-21(28)19(14-7-3-1-4-8-14)30-16-9-5-2-6-10-16/h1-13,19,24H,(H2,23,27)(H,25,26,28). The predicted molar refractivity (Wildman–Crippen MR) is 121 cm³/mol. The Bertz CT molecular complexity index is 1160. The Morgan fingerprint density at radius 1 is 1.07 bits per heavy atom. The number of carbonyl (C=O) groups is 2. The molecule has 0 saturated heterocycles. The summed E-state index contributed by atoms with van der Waals surface area (Å²) in [6.45, 7) is 0. The van der Waals surface area contributed by atoms with Gasteiger partial charge in [-0.05, 0) is 23.8 Å². The lowest BCUT2D eigenvalue weighted by Gasteiger charge is -2.16. The summed E-state index contributed by atoms with van der Waals surface area (Å²) < 4.78 is 0. The molecule has 0 bridgehead atoms. The number of benzene rings is 2. The summed E-state index contributed by atoms with van der Waals surface area (Å²) in [7, 11) is 0. The molecule has 0 radical (unpaired) electrons. The van der Waals surface area contributed by atoms with Crippen LogP contribution in [0.2, 0.25) is 0 Å². The monoisotopic (exact) mass is 434 g/mol. The lowest BCUT2D eigenvalue weighted by atomic mass is 10.1. The van der Waals surface area contributed by atoms with Gasteiger partial charge in [0.05, 0.1) is 5.69 Å². The maximum Gasteiger partial charge on any atom is 0.265 e.